The van der Waals surface area contributed by atoms with Crippen molar-refractivity contribution >= 4 is 23.5 Å². The van der Waals surface area contributed by atoms with Crippen LogP contribution in [0.25, 0.3) is 0 Å². The highest BCUT2D eigenvalue weighted by Gasteiger charge is 2.41. The molecule has 1 aliphatic carbocycles. The summed E-state index contributed by atoms with van der Waals surface area (Å²) in [5.41, 5.74) is 3.21. The van der Waals surface area contributed by atoms with E-state index in [-0.39, 0.29) is 23.1 Å². The van der Waals surface area contributed by atoms with Crippen LogP contribution in [0.3, 0.4) is 0 Å². The molecule has 31 heavy (non-hydrogen) atoms. The lowest BCUT2D eigenvalue weighted by molar-refractivity contribution is -0.118. The van der Waals surface area contributed by atoms with Crippen LogP contribution in [0.15, 0.2) is 71.0 Å². The van der Waals surface area contributed by atoms with E-state index < -0.39 is 0 Å². The normalized spacial score (nSPS) is 19.6. The maximum atomic E-state index is 14.0. The Kier molecular flexibility index (Phi) is 4.93. The van der Waals surface area contributed by atoms with E-state index in [2.05, 4.69) is 24.1 Å². The Bertz CT molecular complexity index is 1190. The van der Waals surface area contributed by atoms with Crippen LogP contribution in [0.2, 0.25) is 0 Å². The quantitative estimate of drug-likeness (QED) is 0.560. The van der Waals surface area contributed by atoms with Gasteiger partial charge in [0.25, 0.3) is 0 Å². The molecule has 5 nitrogen and oxygen atoms in total. The third-order valence-electron chi connectivity index (χ3n) is 5.74. The van der Waals surface area contributed by atoms with Crippen LogP contribution in [0, 0.1) is 11.2 Å². The van der Waals surface area contributed by atoms with Gasteiger partial charge in [0.15, 0.2) is 5.78 Å². The van der Waals surface area contributed by atoms with E-state index in [0.29, 0.717) is 28.8 Å². The molecule has 0 spiro atoms. The second kappa shape index (κ2) is 7.64. The topological polar surface area (TPSA) is 59.8 Å². The van der Waals surface area contributed by atoms with Crippen molar-refractivity contribution in [2.24, 2.45) is 5.41 Å². The monoisotopic (exact) mass is 434 g/mol. The fraction of sp³-hybridized carbons (Fsp3) is 0.292. The molecule has 5 rings (SSSR count). The molecule has 0 unspecified atom stereocenters. The number of ketones is 1. The molecule has 2 heterocycles. The number of nitrogens with zero attached hydrogens (tertiary/aromatic N) is 3. The summed E-state index contributed by atoms with van der Waals surface area (Å²) in [6.07, 6.45) is 1.29. The van der Waals surface area contributed by atoms with Gasteiger partial charge in [-0.05, 0) is 29.0 Å². The number of hydrogen-bond acceptors (Lipinski definition) is 5. The van der Waals surface area contributed by atoms with Gasteiger partial charge in [-0.25, -0.2) is 9.07 Å². The van der Waals surface area contributed by atoms with Gasteiger partial charge >= 0.3 is 0 Å². The molecule has 3 aromatic rings. The maximum Gasteiger partial charge on any atom is 0.227 e. The second-order valence-corrected chi connectivity index (χ2v) is 9.76. The highest BCUT2D eigenvalue weighted by atomic mass is 32.2. The summed E-state index contributed by atoms with van der Waals surface area (Å²) in [5.74, 6) is 0.971. The van der Waals surface area contributed by atoms with Crippen molar-refractivity contribution in [1.82, 2.24) is 14.8 Å². The Labute approximate surface area is 184 Å². The molecule has 2 aromatic carbocycles. The van der Waals surface area contributed by atoms with Gasteiger partial charge in [0.2, 0.25) is 11.1 Å². The lowest BCUT2D eigenvalue weighted by Gasteiger charge is -2.38. The van der Waals surface area contributed by atoms with Gasteiger partial charge in [-0.2, -0.15) is 4.98 Å². The van der Waals surface area contributed by atoms with Crippen molar-refractivity contribution < 1.29 is 9.18 Å². The number of anilines is 1. The zero-order valence-electron chi connectivity index (χ0n) is 17.4. The number of thioether (sulfide) groups is 1. The minimum absolute atomic E-state index is 0.102. The summed E-state index contributed by atoms with van der Waals surface area (Å²) >= 11 is 1.39. The van der Waals surface area contributed by atoms with E-state index in [1.807, 2.05) is 36.4 Å². The van der Waals surface area contributed by atoms with E-state index in [4.69, 9.17) is 5.10 Å². The van der Waals surface area contributed by atoms with Gasteiger partial charge in [0.05, 0.1) is 0 Å². The highest BCUT2D eigenvalue weighted by Crippen LogP contribution is 2.45. The molecule has 0 radical (unpaired) electrons. The molecule has 1 aliphatic heterocycles. The largest absolute Gasteiger partial charge is 0.328 e. The Hall–Kier alpha value is -2.93. The van der Waals surface area contributed by atoms with Crippen molar-refractivity contribution in [2.45, 2.75) is 43.6 Å². The van der Waals surface area contributed by atoms with Crippen LogP contribution < -0.4 is 5.32 Å². The Balaban J connectivity index is 1.52. The molecule has 1 aromatic heterocycles. The highest BCUT2D eigenvalue weighted by molar-refractivity contribution is 7.98. The summed E-state index contributed by atoms with van der Waals surface area (Å²) in [4.78, 5) is 17.9. The van der Waals surface area contributed by atoms with E-state index in [1.54, 1.807) is 16.8 Å². The van der Waals surface area contributed by atoms with Gasteiger partial charge in [0, 0.05) is 23.4 Å². The number of fused-ring (bicyclic) bond motifs is 1. The van der Waals surface area contributed by atoms with Crippen LogP contribution in [-0.4, -0.2) is 20.5 Å². The number of aromatic nitrogens is 3. The molecule has 0 fully saturated rings. The lowest BCUT2D eigenvalue weighted by atomic mass is 9.73. The molecular weight excluding hydrogens is 411 g/mol. The fourth-order valence-corrected chi connectivity index (χ4v) is 5.17. The summed E-state index contributed by atoms with van der Waals surface area (Å²) < 4.78 is 15.8. The van der Waals surface area contributed by atoms with Crippen molar-refractivity contribution in [3.63, 3.8) is 0 Å². The number of hydrogen-bond donors (Lipinski definition) is 1. The third kappa shape index (κ3) is 3.78. The van der Waals surface area contributed by atoms with Gasteiger partial charge in [0.1, 0.15) is 11.9 Å². The molecule has 0 saturated carbocycles. The SMILES string of the molecule is CC1(C)CC(=O)C2=C(C1)Nc1nc(SCc3ccccc3F)nn1[C@@H]2c1ccccc1. The second-order valence-electron chi connectivity index (χ2n) is 8.81. The number of rotatable bonds is 4. The van der Waals surface area contributed by atoms with Crippen LogP contribution in [0.5, 0.6) is 0 Å². The Morgan fingerprint density at radius 2 is 1.87 bits per heavy atom. The van der Waals surface area contributed by atoms with Crippen LogP contribution in [-0.2, 0) is 10.5 Å². The third-order valence-corrected chi connectivity index (χ3v) is 6.63. The maximum absolute atomic E-state index is 14.0. The van der Waals surface area contributed by atoms with Crippen molar-refractivity contribution in [1.29, 1.82) is 0 Å². The Morgan fingerprint density at radius 3 is 2.65 bits per heavy atom. The predicted molar refractivity (Wildman–Crippen MR) is 119 cm³/mol. The lowest BCUT2D eigenvalue weighted by Crippen LogP contribution is -2.36. The van der Waals surface area contributed by atoms with Gasteiger partial charge in [-0.3, -0.25) is 4.79 Å². The minimum Gasteiger partial charge on any atom is -0.328 e. The molecule has 1 N–H and O–H groups in total. The average molecular weight is 435 g/mol. The molecular formula is C24H23FN4OS. The molecule has 158 valence electrons. The molecule has 0 amide bonds. The number of nitrogens with one attached hydrogen (secondary N) is 1. The summed E-state index contributed by atoms with van der Waals surface area (Å²) in [6.45, 7) is 4.23. The smallest absolute Gasteiger partial charge is 0.227 e. The first-order chi connectivity index (χ1) is 14.9. The number of Topliss-reactive ketones (excluding diaryl/α,β-unsaturated/α-hetero) is 1. The van der Waals surface area contributed by atoms with Crippen LogP contribution in [0.4, 0.5) is 10.3 Å². The molecule has 2 aliphatic rings. The van der Waals surface area contributed by atoms with Crippen molar-refractivity contribution in [3.05, 3.63) is 82.8 Å². The first-order valence-corrected chi connectivity index (χ1v) is 11.3. The standard InChI is InChI=1S/C24H23FN4OS/c1-24(2)12-18-20(19(30)13-24)21(15-8-4-3-5-9-15)29-22(26-18)27-23(28-29)31-14-16-10-6-7-11-17(16)25/h3-11,21H,12-14H2,1-2H3,(H,26,27,28)/t21-/m1/s1. The predicted octanol–water partition coefficient (Wildman–Crippen LogP) is 5.37. The van der Waals surface area contributed by atoms with Crippen LogP contribution >= 0.6 is 11.8 Å². The fourth-order valence-electron chi connectivity index (χ4n) is 4.35. The number of allylic oxidation sites excluding steroid dienone is 2. The number of benzene rings is 2. The number of carbonyl (C=O) groups is 1. The zero-order valence-corrected chi connectivity index (χ0v) is 18.2. The van der Waals surface area contributed by atoms with Crippen LogP contribution in [0.1, 0.15) is 43.9 Å². The van der Waals surface area contributed by atoms with E-state index in [9.17, 15) is 9.18 Å². The first kappa shape index (κ1) is 20.0. The summed E-state index contributed by atoms with van der Waals surface area (Å²) in [7, 11) is 0. The van der Waals surface area contributed by atoms with Gasteiger partial charge in [-0.15, -0.1) is 5.10 Å². The minimum atomic E-state index is -0.314. The molecule has 7 heteroatoms. The average Bonchev–Trinajstić information content (AvgIpc) is 3.14. The van der Waals surface area contributed by atoms with Crippen molar-refractivity contribution in [3.8, 4) is 0 Å². The number of carbonyl (C=O) groups excluding carboxylic acids is 1. The number of halogens is 1. The Morgan fingerprint density at radius 1 is 1.13 bits per heavy atom. The summed E-state index contributed by atoms with van der Waals surface area (Å²) in [6, 6.07) is 16.4. The molecule has 1 atom stereocenters. The van der Waals surface area contributed by atoms with E-state index >= 15 is 0 Å². The molecule has 0 bridgehead atoms. The van der Waals surface area contributed by atoms with E-state index in [1.165, 1.54) is 17.8 Å². The zero-order chi connectivity index (χ0) is 21.6. The summed E-state index contributed by atoms with van der Waals surface area (Å²) in [5, 5.41) is 8.64. The molecule has 0 saturated heterocycles. The van der Waals surface area contributed by atoms with Crippen molar-refractivity contribution in [2.75, 3.05) is 5.32 Å². The first-order valence-electron chi connectivity index (χ1n) is 10.3. The van der Waals surface area contributed by atoms with Gasteiger partial charge < -0.3 is 5.32 Å². The van der Waals surface area contributed by atoms with E-state index in [0.717, 1.165) is 23.3 Å². The van der Waals surface area contributed by atoms with Gasteiger partial charge in [-0.1, -0.05) is 74.1 Å².